The Labute approximate surface area is 265 Å². The predicted molar refractivity (Wildman–Crippen MR) is 173 cm³/mol. The van der Waals surface area contributed by atoms with E-state index in [1.165, 1.54) is 14.2 Å². The van der Waals surface area contributed by atoms with Gasteiger partial charge >= 0.3 is 11.9 Å². The van der Waals surface area contributed by atoms with Crippen LogP contribution in [0.2, 0.25) is 0 Å². The van der Waals surface area contributed by atoms with Crippen LogP contribution in [-0.4, -0.2) is 61.8 Å². The van der Waals surface area contributed by atoms with Crippen molar-refractivity contribution in [1.82, 2.24) is 16.0 Å². The number of methoxy groups -OCH3 is 2. The number of nitrogens with one attached hydrogen (secondary N) is 3. The number of nitrogens with zero attached hydrogens (tertiary/aromatic N) is 1. The molecule has 4 atom stereocenters. The highest BCUT2D eigenvalue weighted by atomic mass is 16.5. The first-order valence-electron chi connectivity index (χ1n) is 15.3. The first kappa shape index (κ1) is 33.4. The fourth-order valence-corrected chi connectivity index (χ4v) is 6.60. The van der Waals surface area contributed by atoms with E-state index in [1.807, 2.05) is 19.9 Å². The molecule has 0 fully saturated rings. The average Bonchev–Trinajstić information content (AvgIpc) is 3.66. The molecule has 0 bridgehead atoms. The summed E-state index contributed by atoms with van der Waals surface area (Å²) in [6, 6.07) is -0.402. The van der Waals surface area contributed by atoms with Crippen LogP contribution in [0, 0.1) is 5.92 Å². The zero-order valence-corrected chi connectivity index (χ0v) is 27.1. The molecule has 0 aromatic carbocycles. The monoisotopic (exact) mass is 616 g/mol. The molecule has 0 saturated carbocycles. The Morgan fingerprint density at radius 2 is 1.53 bits per heavy atom. The van der Waals surface area contributed by atoms with Crippen LogP contribution in [0.25, 0.3) is 0 Å². The van der Waals surface area contributed by atoms with Gasteiger partial charge in [0.25, 0.3) is 5.91 Å². The Kier molecular flexibility index (Phi) is 10.5. The number of ether oxygens (including phenoxy) is 2. The maximum atomic E-state index is 12.4. The highest BCUT2D eigenvalue weighted by Gasteiger charge is 2.37. The Morgan fingerprint density at radius 3 is 2.13 bits per heavy atom. The second kappa shape index (κ2) is 14.1. The average molecular weight is 617 g/mol. The molecule has 0 aromatic heterocycles. The van der Waals surface area contributed by atoms with Gasteiger partial charge in [-0.2, -0.15) is 0 Å². The number of carbonyl (C=O) groups excluding carboxylic acids is 4. The maximum absolute atomic E-state index is 12.4. The lowest BCUT2D eigenvalue weighted by atomic mass is 9.88. The fraction of sp³-hybridized carbons (Fsp3) is 0.457. The fourth-order valence-electron chi connectivity index (χ4n) is 6.60. The third-order valence-corrected chi connectivity index (χ3v) is 9.47. The van der Waals surface area contributed by atoms with Crippen molar-refractivity contribution in [1.29, 1.82) is 0 Å². The number of allylic oxidation sites excluding steroid dienone is 3. The van der Waals surface area contributed by atoms with E-state index in [-0.39, 0.29) is 60.6 Å². The molecule has 0 saturated heterocycles. The molecular weight excluding hydrogens is 572 g/mol. The van der Waals surface area contributed by atoms with Gasteiger partial charge in [-0.05, 0) is 79.9 Å². The molecule has 2 unspecified atom stereocenters. The van der Waals surface area contributed by atoms with Crippen LogP contribution in [0.4, 0.5) is 0 Å². The van der Waals surface area contributed by atoms with Crippen molar-refractivity contribution in [2.45, 2.75) is 84.3 Å². The predicted octanol–water partition coefficient (Wildman–Crippen LogP) is 4.19. The highest BCUT2D eigenvalue weighted by molar-refractivity contribution is 6.07. The van der Waals surface area contributed by atoms with Gasteiger partial charge in [0.1, 0.15) is 0 Å². The van der Waals surface area contributed by atoms with E-state index in [4.69, 9.17) is 14.5 Å². The molecule has 10 heteroatoms. The standard InChI is InChI=1S/C35H44N4O6/c1-9-22-21(6)34(42)39-29(22)16-27-20(5)25(12-14-33(41)45-8)31(37-27)17-30-24(11-13-32(40)44-7)19(4)26(36-30)15-28-18(3)23(10-2)35(43)38-28/h9-10,17,20,27-29,37H,1-2,11-16H2,3-8H3,(H,38,43)(H,39,42)/b30-17-/t20?,27?,28-,29+/m0/s1. The van der Waals surface area contributed by atoms with Crippen molar-refractivity contribution in [2.24, 2.45) is 10.9 Å². The van der Waals surface area contributed by atoms with Crippen LogP contribution in [0.15, 0.2) is 86.8 Å². The van der Waals surface area contributed by atoms with Crippen molar-refractivity contribution in [3.63, 3.8) is 0 Å². The van der Waals surface area contributed by atoms with Crippen LogP contribution >= 0.6 is 0 Å². The first-order chi connectivity index (χ1) is 21.4. The molecule has 0 spiro atoms. The summed E-state index contributed by atoms with van der Waals surface area (Å²) in [5.74, 6) is -0.788. The number of rotatable bonds is 13. The Bertz CT molecular complexity index is 1520. The molecule has 4 aliphatic heterocycles. The second-order valence-corrected chi connectivity index (χ2v) is 11.9. The lowest BCUT2D eigenvalue weighted by molar-refractivity contribution is -0.141. The van der Waals surface area contributed by atoms with E-state index in [1.54, 1.807) is 19.1 Å². The highest BCUT2D eigenvalue weighted by Crippen LogP contribution is 2.38. The molecule has 4 rings (SSSR count). The van der Waals surface area contributed by atoms with Gasteiger partial charge in [-0.25, -0.2) is 0 Å². The largest absolute Gasteiger partial charge is 0.469 e. The van der Waals surface area contributed by atoms with Gasteiger partial charge in [-0.3, -0.25) is 24.2 Å². The summed E-state index contributed by atoms with van der Waals surface area (Å²) < 4.78 is 9.85. The molecular formula is C35H44N4O6. The molecule has 240 valence electrons. The molecule has 45 heavy (non-hydrogen) atoms. The summed E-state index contributed by atoms with van der Waals surface area (Å²) in [5.41, 5.74) is 8.45. The van der Waals surface area contributed by atoms with Gasteiger partial charge in [0.2, 0.25) is 5.91 Å². The molecule has 4 aliphatic rings. The van der Waals surface area contributed by atoms with Crippen molar-refractivity contribution < 1.29 is 28.7 Å². The number of hydrogen-bond acceptors (Lipinski definition) is 8. The third kappa shape index (κ3) is 6.95. The van der Waals surface area contributed by atoms with E-state index in [0.29, 0.717) is 36.8 Å². The van der Waals surface area contributed by atoms with E-state index in [0.717, 1.165) is 45.0 Å². The first-order valence-corrected chi connectivity index (χ1v) is 15.3. The summed E-state index contributed by atoms with van der Waals surface area (Å²) >= 11 is 0. The van der Waals surface area contributed by atoms with Crippen LogP contribution in [0.5, 0.6) is 0 Å². The number of esters is 2. The lowest BCUT2D eigenvalue weighted by Gasteiger charge is -2.23. The number of hydrogen-bond donors (Lipinski definition) is 3. The zero-order chi connectivity index (χ0) is 33.0. The third-order valence-electron chi connectivity index (χ3n) is 9.47. The minimum atomic E-state index is -0.314. The smallest absolute Gasteiger partial charge is 0.305 e. The Morgan fingerprint density at radius 1 is 0.889 bits per heavy atom. The molecule has 0 aliphatic carbocycles. The SMILES string of the molecule is C=CC1=C(C)[C@H](CC2=N/C(=C\C3=C(CCC(=O)OC)C(C)C(C[C@H]4NC(=O)C(C)=C4C=C)N3)C(CCC(=O)OC)=C2C)NC1=O. The van der Waals surface area contributed by atoms with Crippen molar-refractivity contribution in [2.75, 3.05) is 14.2 Å². The van der Waals surface area contributed by atoms with Crippen LogP contribution < -0.4 is 16.0 Å². The van der Waals surface area contributed by atoms with Crippen LogP contribution in [-0.2, 0) is 28.7 Å². The summed E-state index contributed by atoms with van der Waals surface area (Å²) in [5, 5.41) is 9.77. The Hall–Kier alpha value is -4.47. The van der Waals surface area contributed by atoms with Crippen molar-refractivity contribution in [3.8, 4) is 0 Å². The summed E-state index contributed by atoms with van der Waals surface area (Å²) in [6.45, 7) is 15.5. The summed E-state index contributed by atoms with van der Waals surface area (Å²) in [7, 11) is 2.75. The quantitative estimate of drug-likeness (QED) is 0.264. The van der Waals surface area contributed by atoms with Gasteiger partial charge in [-0.15, -0.1) is 0 Å². The molecule has 2 amide bonds. The molecule has 4 heterocycles. The molecule has 0 aromatic rings. The van der Waals surface area contributed by atoms with Gasteiger partial charge in [0.15, 0.2) is 0 Å². The molecule has 0 radical (unpaired) electrons. The second-order valence-electron chi connectivity index (χ2n) is 11.9. The van der Waals surface area contributed by atoms with Crippen LogP contribution in [0.3, 0.4) is 0 Å². The summed E-state index contributed by atoms with van der Waals surface area (Å²) in [6.07, 6.45) is 7.81. The maximum Gasteiger partial charge on any atom is 0.305 e. The van der Waals surface area contributed by atoms with E-state index in [2.05, 4.69) is 36.0 Å². The number of amides is 2. The van der Waals surface area contributed by atoms with Crippen molar-refractivity contribution >= 4 is 29.5 Å². The van der Waals surface area contributed by atoms with Crippen molar-refractivity contribution in [3.05, 3.63) is 81.8 Å². The number of carbonyl (C=O) groups is 4. The molecule has 3 N–H and O–H groups in total. The number of aliphatic imine (C=N–C) groups is 1. The normalized spacial score (nSPS) is 25.6. The van der Waals surface area contributed by atoms with E-state index < -0.39 is 0 Å². The minimum absolute atomic E-state index is 0.0251. The van der Waals surface area contributed by atoms with E-state index >= 15 is 0 Å². The summed E-state index contributed by atoms with van der Waals surface area (Å²) in [4.78, 5) is 54.2. The molecule has 10 nitrogen and oxygen atoms in total. The van der Waals surface area contributed by atoms with Gasteiger partial charge in [0, 0.05) is 47.9 Å². The zero-order valence-electron chi connectivity index (χ0n) is 27.1. The Balaban J connectivity index is 1.69. The van der Waals surface area contributed by atoms with Gasteiger partial charge < -0.3 is 25.4 Å². The van der Waals surface area contributed by atoms with Crippen LogP contribution in [0.1, 0.15) is 66.2 Å². The van der Waals surface area contributed by atoms with Gasteiger partial charge in [0.05, 0.1) is 32.0 Å². The minimum Gasteiger partial charge on any atom is -0.469 e. The van der Waals surface area contributed by atoms with Gasteiger partial charge in [-0.1, -0.05) is 32.2 Å². The lowest BCUT2D eigenvalue weighted by Crippen LogP contribution is -2.38. The topological polar surface area (TPSA) is 135 Å². The van der Waals surface area contributed by atoms with E-state index in [9.17, 15) is 19.2 Å².